The molecule has 0 unspecified atom stereocenters. The molecule has 2 N–H and O–H groups in total. The number of carboxylic acids is 1. The van der Waals surface area contributed by atoms with Crippen LogP contribution >= 0.6 is 11.8 Å². The van der Waals surface area contributed by atoms with Crippen molar-refractivity contribution >= 4 is 29.5 Å². The van der Waals surface area contributed by atoms with Gasteiger partial charge in [0.2, 0.25) is 11.8 Å². The maximum Gasteiger partial charge on any atom is 0.313 e. The molecule has 2 amide bonds. The molecule has 1 aliphatic heterocycles. The fraction of sp³-hybridized carbons (Fsp3) is 0.750. The first kappa shape index (κ1) is 15.8. The Labute approximate surface area is 116 Å². The average Bonchev–Trinajstić information content (AvgIpc) is 2.54. The summed E-state index contributed by atoms with van der Waals surface area (Å²) < 4.78 is 0. The molecule has 7 heteroatoms. The van der Waals surface area contributed by atoms with Crippen molar-refractivity contribution in [2.24, 2.45) is 0 Å². The molecular formula is C12H20N2O4S. The Morgan fingerprint density at radius 3 is 2.84 bits per heavy atom. The molecule has 0 aromatic rings. The van der Waals surface area contributed by atoms with Crippen LogP contribution in [0.4, 0.5) is 0 Å². The van der Waals surface area contributed by atoms with Crippen LogP contribution in [0, 0.1) is 0 Å². The van der Waals surface area contributed by atoms with Gasteiger partial charge >= 0.3 is 5.97 Å². The SMILES string of the molecule is O=C(O)CSCCNC(=O)CN1CCCCCC1=O. The van der Waals surface area contributed by atoms with E-state index in [4.69, 9.17) is 5.11 Å². The minimum atomic E-state index is -0.855. The Morgan fingerprint density at radius 1 is 1.32 bits per heavy atom. The largest absolute Gasteiger partial charge is 0.481 e. The predicted octanol–water partition coefficient (Wildman–Crippen LogP) is 0.323. The smallest absolute Gasteiger partial charge is 0.313 e. The number of likely N-dealkylation sites (tertiary alicyclic amines) is 1. The van der Waals surface area contributed by atoms with Crippen molar-refractivity contribution in [1.82, 2.24) is 10.2 Å². The summed E-state index contributed by atoms with van der Waals surface area (Å²) in [5.74, 6) is -0.377. The fourth-order valence-electron chi connectivity index (χ4n) is 1.86. The van der Waals surface area contributed by atoms with Crippen LogP contribution in [-0.4, -0.2) is 58.9 Å². The van der Waals surface area contributed by atoms with Gasteiger partial charge in [-0.1, -0.05) is 6.42 Å². The van der Waals surface area contributed by atoms with E-state index in [1.165, 1.54) is 11.8 Å². The van der Waals surface area contributed by atoms with Crippen molar-refractivity contribution in [2.45, 2.75) is 25.7 Å². The molecule has 0 aromatic carbocycles. The van der Waals surface area contributed by atoms with Crippen LogP contribution in [0.15, 0.2) is 0 Å². The molecule has 0 saturated carbocycles. The number of hydrogen-bond donors (Lipinski definition) is 2. The van der Waals surface area contributed by atoms with Gasteiger partial charge in [-0.15, -0.1) is 11.8 Å². The number of nitrogens with zero attached hydrogens (tertiary/aromatic N) is 1. The number of carbonyl (C=O) groups excluding carboxylic acids is 2. The molecule has 1 rings (SSSR count). The monoisotopic (exact) mass is 288 g/mol. The third-order valence-corrected chi connectivity index (χ3v) is 3.74. The third-order valence-electron chi connectivity index (χ3n) is 2.80. The molecule has 1 fully saturated rings. The molecule has 0 aliphatic carbocycles. The Kier molecular flexibility index (Phi) is 7.32. The van der Waals surface area contributed by atoms with E-state index in [1.807, 2.05) is 0 Å². The second kappa shape index (κ2) is 8.79. The van der Waals surface area contributed by atoms with Gasteiger partial charge in [0.25, 0.3) is 0 Å². The zero-order chi connectivity index (χ0) is 14.1. The van der Waals surface area contributed by atoms with Crippen LogP contribution in [0.1, 0.15) is 25.7 Å². The summed E-state index contributed by atoms with van der Waals surface area (Å²) in [5.41, 5.74) is 0. The predicted molar refractivity (Wildman–Crippen MR) is 73.0 cm³/mol. The first-order valence-electron chi connectivity index (χ1n) is 6.43. The number of aliphatic carboxylic acids is 1. The maximum absolute atomic E-state index is 11.7. The first-order chi connectivity index (χ1) is 9.09. The van der Waals surface area contributed by atoms with Gasteiger partial charge in [-0.25, -0.2) is 0 Å². The minimum Gasteiger partial charge on any atom is -0.481 e. The van der Waals surface area contributed by atoms with Gasteiger partial charge in [-0.05, 0) is 12.8 Å². The highest BCUT2D eigenvalue weighted by atomic mass is 32.2. The van der Waals surface area contributed by atoms with Gasteiger partial charge in [-0.2, -0.15) is 0 Å². The van der Waals surface area contributed by atoms with E-state index in [2.05, 4.69) is 5.32 Å². The molecule has 0 aromatic heterocycles. The Morgan fingerprint density at radius 2 is 2.11 bits per heavy atom. The molecule has 1 saturated heterocycles. The van der Waals surface area contributed by atoms with Crippen molar-refractivity contribution in [3.05, 3.63) is 0 Å². The number of thioether (sulfide) groups is 1. The molecule has 0 atom stereocenters. The summed E-state index contributed by atoms with van der Waals surface area (Å²) in [6.45, 7) is 1.20. The van der Waals surface area contributed by atoms with Gasteiger partial charge in [0.05, 0.1) is 12.3 Å². The van der Waals surface area contributed by atoms with Gasteiger partial charge in [0.15, 0.2) is 0 Å². The summed E-state index contributed by atoms with van der Waals surface area (Å²) in [7, 11) is 0. The van der Waals surface area contributed by atoms with Crippen LogP contribution < -0.4 is 5.32 Å². The number of carboxylic acid groups (broad SMARTS) is 1. The zero-order valence-corrected chi connectivity index (χ0v) is 11.7. The number of carbonyl (C=O) groups is 3. The fourth-order valence-corrected chi connectivity index (χ4v) is 2.42. The molecule has 6 nitrogen and oxygen atoms in total. The van der Waals surface area contributed by atoms with E-state index in [-0.39, 0.29) is 24.1 Å². The zero-order valence-electron chi connectivity index (χ0n) is 10.9. The maximum atomic E-state index is 11.7. The van der Waals surface area contributed by atoms with Crippen molar-refractivity contribution in [1.29, 1.82) is 0 Å². The number of nitrogens with one attached hydrogen (secondary N) is 1. The van der Waals surface area contributed by atoms with Gasteiger partial charge in [0, 0.05) is 25.3 Å². The highest BCUT2D eigenvalue weighted by Gasteiger charge is 2.18. The van der Waals surface area contributed by atoms with Crippen molar-refractivity contribution in [2.75, 3.05) is 31.1 Å². The minimum absolute atomic E-state index is 0.0421. The van der Waals surface area contributed by atoms with E-state index >= 15 is 0 Å². The molecule has 19 heavy (non-hydrogen) atoms. The topological polar surface area (TPSA) is 86.7 Å². The van der Waals surface area contributed by atoms with Crippen molar-refractivity contribution in [3.8, 4) is 0 Å². The lowest BCUT2D eigenvalue weighted by atomic mass is 10.2. The van der Waals surface area contributed by atoms with E-state index < -0.39 is 5.97 Å². The normalized spacial score (nSPS) is 16.0. The van der Waals surface area contributed by atoms with E-state index in [0.29, 0.717) is 25.3 Å². The van der Waals surface area contributed by atoms with E-state index in [1.54, 1.807) is 4.90 Å². The molecule has 1 heterocycles. The van der Waals surface area contributed by atoms with Gasteiger partial charge in [0.1, 0.15) is 0 Å². The lowest BCUT2D eigenvalue weighted by molar-refractivity contribution is -0.135. The van der Waals surface area contributed by atoms with E-state index in [9.17, 15) is 14.4 Å². The van der Waals surface area contributed by atoms with Crippen molar-refractivity contribution in [3.63, 3.8) is 0 Å². The highest BCUT2D eigenvalue weighted by Crippen LogP contribution is 2.10. The standard InChI is InChI=1S/C12H20N2O4S/c15-10(13-5-7-19-9-12(17)18)8-14-6-3-1-2-4-11(14)16/h1-9H2,(H,13,15)(H,17,18). The lowest BCUT2D eigenvalue weighted by Gasteiger charge is -2.19. The Balaban J connectivity index is 2.15. The summed E-state index contributed by atoms with van der Waals surface area (Å²) in [5, 5.41) is 11.1. The first-order valence-corrected chi connectivity index (χ1v) is 7.59. The Hall–Kier alpha value is -1.24. The summed E-state index contributed by atoms with van der Waals surface area (Å²) in [6.07, 6.45) is 3.42. The average molecular weight is 288 g/mol. The van der Waals surface area contributed by atoms with Crippen LogP contribution in [-0.2, 0) is 14.4 Å². The number of rotatable bonds is 7. The molecule has 0 bridgehead atoms. The second-order valence-corrected chi connectivity index (χ2v) is 5.53. The second-order valence-electron chi connectivity index (χ2n) is 4.42. The lowest BCUT2D eigenvalue weighted by Crippen LogP contribution is -2.41. The van der Waals surface area contributed by atoms with E-state index in [0.717, 1.165) is 19.3 Å². The highest BCUT2D eigenvalue weighted by molar-refractivity contribution is 7.99. The van der Waals surface area contributed by atoms with Crippen LogP contribution in [0.2, 0.25) is 0 Å². The quantitative estimate of drug-likeness (QED) is 0.659. The van der Waals surface area contributed by atoms with Crippen LogP contribution in [0.25, 0.3) is 0 Å². The molecule has 0 spiro atoms. The number of hydrogen-bond acceptors (Lipinski definition) is 4. The summed E-state index contributed by atoms with van der Waals surface area (Å²) >= 11 is 1.26. The van der Waals surface area contributed by atoms with Crippen LogP contribution in [0.5, 0.6) is 0 Å². The van der Waals surface area contributed by atoms with Gasteiger partial charge < -0.3 is 15.3 Å². The number of amides is 2. The van der Waals surface area contributed by atoms with Crippen LogP contribution in [0.3, 0.4) is 0 Å². The molecule has 108 valence electrons. The summed E-state index contributed by atoms with van der Waals surface area (Å²) in [4.78, 5) is 35.2. The molecular weight excluding hydrogens is 268 g/mol. The summed E-state index contributed by atoms with van der Waals surface area (Å²) in [6, 6.07) is 0. The molecule has 1 aliphatic rings. The van der Waals surface area contributed by atoms with Crippen molar-refractivity contribution < 1.29 is 19.5 Å². The Bertz CT molecular complexity index is 336. The van der Waals surface area contributed by atoms with Gasteiger partial charge in [-0.3, -0.25) is 14.4 Å². The third kappa shape index (κ3) is 7.05. The molecule has 0 radical (unpaired) electrons.